The highest BCUT2D eigenvalue weighted by Crippen LogP contribution is 2.13. The van der Waals surface area contributed by atoms with Gasteiger partial charge in [0.05, 0.1) is 0 Å². The molecule has 2 rings (SSSR count). The van der Waals surface area contributed by atoms with Gasteiger partial charge in [-0.3, -0.25) is 4.79 Å². The van der Waals surface area contributed by atoms with Crippen molar-refractivity contribution in [1.82, 2.24) is 9.55 Å². The zero-order valence-electron chi connectivity index (χ0n) is 10.8. The summed E-state index contributed by atoms with van der Waals surface area (Å²) >= 11 is 5.69. The monoisotopic (exact) mass is 277 g/mol. The fraction of sp³-hybridized carbons (Fsp3) is 0.286. The molecule has 5 heteroatoms. The first-order valence-electron chi connectivity index (χ1n) is 6.22. The molecule has 0 bridgehead atoms. The minimum atomic E-state index is -0.116. The Balaban J connectivity index is 2.19. The molecular weight excluding hydrogens is 262 g/mol. The zero-order chi connectivity index (χ0) is 13.7. The molecule has 1 aromatic carbocycles. The quantitative estimate of drug-likeness (QED) is 0.855. The van der Waals surface area contributed by atoms with E-state index in [1.165, 1.54) is 5.56 Å². The van der Waals surface area contributed by atoms with E-state index in [0.717, 1.165) is 12.1 Å². The molecule has 19 heavy (non-hydrogen) atoms. The van der Waals surface area contributed by atoms with E-state index in [-0.39, 0.29) is 5.56 Å². The topological polar surface area (TPSA) is 46.9 Å². The minimum absolute atomic E-state index is 0.116. The highest BCUT2D eigenvalue weighted by Gasteiger charge is 2.04. The third-order valence-electron chi connectivity index (χ3n) is 2.85. The van der Waals surface area contributed by atoms with Gasteiger partial charge in [0.1, 0.15) is 0 Å². The number of aryl methyl sites for hydroxylation is 2. The molecule has 0 aliphatic carbocycles. The van der Waals surface area contributed by atoms with Crippen LogP contribution in [0.1, 0.15) is 12.5 Å². The maximum Gasteiger partial charge on any atom is 0.293 e. The third-order valence-corrected chi connectivity index (χ3v) is 3.04. The fourth-order valence-electron chi connectivity index (χ4n) is 1.78. The summed E-state index contributed by atoms with van der Waals surface area (Å²) in [6, 6.07) is 7.83. The van der Waals surface area contributed by atoms with Crippen LogP contribution in [-0.4, -0.2) is 15.4 Å². The molecule has 1 N–H and O–H groups in total. The van der Waals surface area contributed by atoms with Crippen LogP contribution in [0.15, 0.2) is 41.5 Å². The van der Waals surface area contributed by atoms with E-state index >= 15 is 0 Å². The van der Waals surface area contributed by atoms with Crippen LogP contribution in [0.5, 0.6) is 0 Å². The molecular formula is C14H16ClN3O. The Morgan fingerprint density at radius 1 is 1.32 bits per heavy atom. The molecule has 0 saturated heterocycles. The Morgan fingerprint density at radius 3 is 2.68 bits per heavy atom. The minimum Gasteiger partial charge on any atom is -0.336 e. The van der Waals surface area contributed by atoms with Gasteiger partial charge in [0.15, 0.2) is 5.82 Å². The van der Waals surface area contributed by atoms with Crippen molar-refractivity contribution in [3.63, 3.8) is 0 Å². The van der Waals surface area contributed by atoms with E-state index in [0.29, 0.717) is 18.2 Å². The van der Waals surface area contributed by atoms with Gasteiger partial charge in [0.2, 0.25) is 0 Å². The van der Waals surface area contributed by atoms with Gasteiger partial charge < -0.3 is 9.88 Å². The summed E-state index contributed by atoms with van der Waals surface area (Å²) in [5.41, 5.74) is 1.90. The molecule has 0 amide bonds. The molecule has 0 aliphatic heterocycles. The van der Waals surface area contributed by atoms with Gasteiger partial charge in [0.25, 0.3) is 5.56 Å². The second-order valence-corrected chi connectivity index (χ2v) is 4.51. The van der Waals surface area contributed by atoms with Crippen LogP contribution < -0.4 is 10.9 Å². The SMILES string of the molecule is CCn1ccnc(Nc2ccc(CCCl)cc2)c1=O. The first-order chi connectivity index (χ1) is 9.24. The highest BCUT2D eigenvalue weighted by molar-refractivity contribution is 6.17. The van der Waals surface area contributed by atoms with Gasteiger partial charge in [-0.15, -0.1) is 11.6 Å². The molecule has 1 aromatic heterocycles. The van der Waals surface area contributed by atoms with Crippen LogP contribution in [0.2, 0.25) is 0 Å². The molecule has 100 valence electrons. The predicted molar refractivity (Wildman–Crippen MR) is 78.3 cm³/mol. The fourth-order valence-corrected chi connectivity index (χ4v) is 2.00. The van der Waals surface area contributed by atoms with Crippen LogP contribution >= 0.6 is 11.6 Å². The number of hydrogen-bond donors (Lipinski definition) is 1. The van der Waals surface area contributed by atoms with Crippen LogP contribution in [0, 0.1) is 0 Å². The Labute approximate surface area is 117 Å². The summed E-state index contributed by atoms with van der Waals surface area (Å²) in [4.78, 5) is 16.1. The van der Waals surface area contributed by atoms with Gasteiger partial charge in [0, 0.05) is 30.5 Å². The van der Waals surface area contributed by atoms with Crippen molar-refractivity contribution in [3.8, 4) is 0 Å². The van der Waals surface area contributed by atoms with Gasteiger partial charge in [-0.2, -0.15) is 0 Å². The van der Waals surface area contributed by atoms with Gasteiger partial charge in [-0.25, -0.2) is 4.98 Å². The number of alkyl halides is 1. The highest BCUT2D eigenvalue weighted by atomic mass is 35.5. The van der Waals surface area contributed by atoms with Gasteiger partial charge in [-0.1, -0.05) is 12.1 Å². The number of halogens is 1. The summed E-state index contributed by atoms with van der Waals surface area (Å²) in [6.45, 7) is 2.55. The Kier molecular flexibility index (Phi) is 4.58. The second-order valence-electron chi connectivity index (χ2n) is 4.13. The lowest BCUT2D eigenvalue weighted by Crippen LogP contribution is -2.22. The normalized spacial score (nSPS) is 10.4. The molecule has 0 atom stereocenters. The summed E-state index contributed by atoms with van der Waals surface area (Å²) < 4.78 is 1.61. The van der Waals surface area contributed by atoms with Crippen molar-refractivity contribution in [2.45, 2.75) is 19.9 Å². The number of nitrogens with one attached hydrogen (secondary N) is 1. The van der Waals surface area contributed by atoms with Crippen molar-refractivity contribution < 1.29 is 0 Å². The smallest absolute Gasteiger partial charge is 0.293 e. The molecule has 1 heterocycles. The lowest BCUT2D eigenvalue weighted by atomic mass is 10.1. The zero-order valence-corrected chi connectivity index (χ0v) is 11.5. The van der Waals surface area contributed by atoms with Gasteiger partial charge in [-0.05, 0) is 31.0 Å². The predicted octanol–water partition coefficient (Wildman–Crippen LogP) is 2.79. The molecule has 0 radical (unpaired) electrons. The van der Waals surface area contributed by atoms with Crippen molar-refractivity contribution in [2.24, 2.45) is 0 Å². The van der Waals surface area contributed by atoms with E-state index in [1.807, 2.05) is 31.2 Å². The van der Waals surface area contributed by atoms with E-state index in [9.17, 15) is 4.79 Å². The van der Waals surface area contributed by atoms with E-state index in [4.69, 9.17) is 11.6 Å². The molecule has 4 nitrogen and oxygen atoms in total. The lowest BCUT2D eigenvalue weighted by Gasteiger charge is -2.08. The van der Waals surface area contributed by atoms with E-state index < -0.39 is 0 Å². The standard InChI is InChI=1S/C14H16ClN3O/c1-2-18-10-9-16-13(14(18)19)17-12-5-3-11(4-6-12)7-8-15/h3-6,9-10H,2,7-8H2,1H3,(H,16,17). The summed E-state index contributed by atoms with van der Waals surface area (Å²) in [6.07, 6.45) is 4.14. The second kappa shape index (κ2) is 6.38. The first kappa shape index (κ1) is 13.6. The van der Waals surface area contributed by atoms with Crippen LogP contribution in [0.25, 0.3) is 0 Å². The molecule has 0 saturated carbocycles. The molecule has 0 aliphatic rings. The number of benzene rings is 1. The van der Waals surface area contributed by atoms with E-state index in [1.54, 1.807) is 17.0 Å². The summed E-state index contributed by atoms with van der Waals surface area (Å²) in [5, 5.41) is 3.04. The lowest BCUT2D eigenvalue weighted by molar-refractivity contribution is 0.720. The van der Waals surface area contributed by atoms with Crippen LogP contribution in [-0.2, 0) is 13.0 Å². The molecule has 0 spiro atoms. The molecule has 0 fully saturated rings. The summed E-state index contributed by atoms with van der Waals surface area (Å²) in [5.74, 6) is 0.947. The molecule has 2 aromatic rings. The number of anilines is 2. The Bertz CT molecular complexity index is 592. The van der Waals surface area contributed by atoms with Crippen LogP contribution in [0.4, 0.5) is 11.5 Å². The Morgan fingerprint density at radius 2 is 2.05 bits per heavy atom. The van der Waals surface area contributed by atoms with Crippen molar-refractivity contribution in [2.75, 3.05) is 11.2 Å². The molecule has 0 unspecified atom stereocenters. The van der Waals surface area contributed by atoms with E-state index in [2.05, 4.69) is 10.3 Å². The average Bonchev–Trinajstić information content (AvgIpc) is 2.43. The largest absolute Gasteiger partial charge is 0.336 e. The first-order valence-corrected chi connectivity index (χ1v) is 6.75. The van der Waals surface area contributed by atoms with Gasteiger partial charge >= 0.3 is 0 Å². The maximum atomic E-state index is 12.0. The number of rotatable bonds is 5. The van der Waals surface area contributed by atoms with Crippen molar-refractivity contribution >= 4 is 23.1 Å². The maximum absolute atomic E-state index is 12.0. The van der Waals surface area contributed by atoms with Crippen molar-refractivity contribution in [3.05, 3.63) is 52.6 Å². The number of aromatic nitrogens is 2. The number of hydrogen-bond acceptors (Lipinski definition) is 3. The van der Waals surface area contributed by atoms with Crippen molar-refractivity contribution in [1.29, 1.82) is 0 Å². The number of nitrogens with zero attached hydrogens (tertiary/aromatic N) is 2. The summed E-state index contributed by atoms with van der Waals surface area (Å²) in [7, 11) is 0. The average molecular weight is 278 g/mol. The van der Waals surface area contributed by atoms with Crippen LogP contribution in [0.3, 0.4) is 0 Å². The third kappa shape index (κ3) is 3.35. The Hall–Kier alpha value is -1.81.